The molecule has 2 aromatic carbocycles. The van der Waals surface area contributed by atoms with Crippen molar-refractivity contribution in [1.29, 1.82) is 0 Å². The molecule has 0 radical (unpaired) electrons. The minimum atomic E-state index is -0.234. The van der Waals surface area contributed by atoms with E-state index in [1.807, 2.05) is 24.0 Å². The molecule has 24 heavy (non-hydrogen) atoms. The van der Waals surface area contributed by atoms with Crippen LogP contribution in [0.4, 0.5) is 10.1 Å². The molecule has 1 fully saturated rings. The average Bonchev–Trinajstić information content (AvgIpc) is 2.62. The van der Waals surface area contributed by atoms with Crippen molar-refractivity contribution < 1.29 is 13.9 Å². The fourth-order valence-electron chi connectivity index (χ4n) is 3.01. The molecule has 2 aromatic rings. The van der Waals surface area contributed by atoms with Gasteiger partial charge in [-0.15, -0.1) is 0 Å². The number of benzene rings is 2. The molecular weight excluding hydrogens is 307 g/mol. The molecule has 0 saturated carbocycles. The molecule has 0 unspecified atom stereocenters. The number of aryl methyl sites for hydroxylation is 1. The summed E-state index contributed by atoms with van der Waals surface area (Å²) in [6.07, 6.45) is 0. The summed E-state index contributed by atoms with van der Waals surface area (Å²) in [5.41, 5.74) is 2.63. The lowest BCUT2D eigenvalue weighted by atomic mass is 10.1. The van der Waals surface area contributed by atoms with Gasteiger partial charge in [-0.05, 0) is 55.0 Å². The number of methoxy groups -OCH3 is 1. The number of halogens is 1. The Morgan fingerprint density at radius 1 is 1.04 bits per heavy atom. The minimum Gasteiger partial charge on any atom is -0.496 e. The second-order valence-corrected chi connectivity index (χ2v) is 5.94. The van der Waals surface area contributed by atoms with Gasteiger partial charge in [-0.1, -0.05) is 0 Å². The van der Waals surface area contributed by atoms with Gasteiger partial charge in [0.25, 0.3) is 5.91 Å². The van der Waals surface area contributed by atoms with Gasteiger partial charge in [0.2, 0.25) is 0 Å². The zero-order valence-corrected chi connectivity index (χ0v) is 14.0. The number of carbonyl (C=O) groups is 1. The number of anilines is 1. The van der Waals surface area contributed by atoms with Crippen LogP contribution in [0.15, 0.2) is 42.5 Å². The van der Waals surface area contributed by atoms with Crippen LogP contribution in [0.5, 0.6) is 5.75 Å². The molecule has 5 heteroatoms. The summed E-state index contributed by atoms with van der Waals surface area (Å²) in [4.78, 5) is 16.7. The number of ether oxygens (including phenoxy) is 1. The van der Waals surface area contributed by atoms with Gasteiger partial charge in [-0.25, -0.2) is 4.39 Å². The van der Waals surface area contributed by atoms with E-state index < -0.39 is 0 Å². The predicted molar refractivity (Wildman–Crippen MR) is 92.2 cm³/mol. The van der Waals surface area contributed by atoms with E-state index in [1.54, 1.807) is 25.3 Å². The Balaban J connectivity index is 1.64. The van der Waals surface area contributed by atoms with Gasteiger partial charge in [0.1, 0.15) is 11.6 Å². The first-order valence-corrected chi connectivity index (χ1v) is 8.03. The second kappa shape index (κ2) is 6.91. The molecule has 0 aromatic heterocycles. The number of carbonyl (C=O) groups excluding carboxylic acids is 1. The van der Waals surface area contributed by atoms with Crippen LogP contribution in [0.2, 0.25) is 0 Å². The summed E-state index contributed by atoms with van der Waals surface area (Å²) in [6, 6.07) is 12.0. The molecule has 0 bridgehead atoms. The number of nitrogens with zero attached hydrogens (tertiary/aromatic N) is 2. The second-order valence-electron chi connectivity index (χ2n) is 5.94. The maximum Gasteiger partial charge on any atom is 0.253 e. The van der Waals surface area contributed by atoms with E-state index in [0.29, 0.717) is 18.7 Å². The topological polar surface area (TPSA) is 32.8 Å². The average molecular weight is 328 g/mol. The predicted octanol–water partition coefficient (Wildman–Crippen LogP) is 3.11. The quantitative estimate of drug-likeness (QED) is 0.868. The minimum absolute atomic E-state index is 0.0412. The van der Waals surface area contributed by atoms with Gasteiger partial charge in [0.15, 0.2) is 0 Å². The molecule has 0 atom stereocenters. The van der Waals surface area contributed by atoms with E-state index in [-0.39, 0.29) is 11.7 Å². The van der Waals surface area contributed by atoms with Crippen molar-refractivity contribution in [2.45, 2.75) is 6.92 Å². The summed E-state index contributed by atoms with van der Waals surface area (Å²) < 4.78 is 18.3. The highest BCUT2D eigenvalue weighted by molar-refractivity contribution is 5.94. The fourth-order valence-corrected chi connectivity index (χ4v) is 3.01. The number of hydrogen-bond acceptors (Lipinski definition) is 3. The van der Waals surface area contributed by atoms with E-state index in [4.69, 9.17) is 4.74 Å². The van der Waals surface area contributed by atoms with E-state index >= 15 is 0 Å². The van der Waals surface area contributed by atoms with Gasteiger partial charge in [-0.2, -0.15) is 0 Å². The Bertz CT molecular complexity index is 723. The molecule has 1 amide bonds. The van der Waals surface area contributed by atoms with Crippen molar-refractivity contribution in [3.8, 4) is 5.75 Å². The molecule has 1 aliphatic rings. The molecule has 126 valence electrons. The van der Waals surface area contributed by atoms with E-state index in [1.165, 1.54) is 12.1 Å². The monoisotopic (exact) mass is 328 g/mol. The van der Waals surface area contributed by atoms with Crippen molar-refractivity contribution in [3.05, 3.63) is 59.4 Å². The first-order valence-electron chi connectivity index (χ1n) is 8.03. The third kappa shape index (κ3) is 3.35. The normalized spacial score (nSPS) is 14.6. The smallest absolute Gasteiger partial charge is 0.253 e. The number of hydrogen-bond donors (Lipinski definition) is 0. The summed E-state index contributed by atoms with van der Waals surface area (Å²) in [7, 11) is 1.62. The number of amides is 1. The third-order valence-electron chi connectivity index (χ3n) is 4.40. The van der Waals surface area contributed by atoms with Gasteiger partial charge >= 0.3 is 0 Å². The van der Waals surface area contributed by atoms with Crippen LogP contribution in [-0.4, -0.2) is 44.1 Å². The Morgan fingerprint density at radius 2 is 1.71 bits per heavy atom. The number of rotatable bonds is 3. The van der Waals surface area contributed by atoms with Crippen molar-refractivity contribution in [2.75, 3.05) is 38.2 Å². The lowest BCUT2D eigenvalue weighted by molar-refractivity contribution is 0.0746. The Labute approximate surface area is 141 Å². The van der Waals surface area contributed by atoms with Gasteiger partial charge in [0.05, 0.1) is 7.11 Å². The van der Waals surface area contributed by atoms with Gasteiger partial charge in [-0.3, -0.25) is 4.79 Å². The zero-order valence-electron chi connectivity index (χ0n) is 14.0. The van der Waals surface area contributed by atoms with Crippen molar-refractivity contribution >= 4 is 11.6 Å². The molecule has 1 saturated heterocycles. The van der Waals surface area contributed by atoms with Crippen molar-refractivity contribution in [2.24, 2.45) is 0 Å². The molecule has 0 aliphatic carbocycles. The maximum atomic E-state index is 13.0. The summed E-state index contributed by atoms with van der Waals surface area (Å²) in [6.45, 7) is 4.73. The lowest BCUT2D eigenvalue weighted by Crippen LogP contribution is -2.48. The Hall–Kier alpha value is -2.56. The molecular formula is C19H21FN2O2. The van der Waals surface area contributed by atoms with E-state index in [2.05, 4.69) is 4.90 Å². The van der Waals surface area contributed by atoms with Gasteiger partial charge < -0.3 is 14.5 Å². The molecule has 0 spiro atoms. The molecule has 1 aliphatic heterocycles. The Morgan fingerprint density at radius 3 is 2.29 bits per heavy atom. The van der Waals surface area contributed by atoms with Crippen molar-refractivity contribution in [1.82, 2.24) is 4.90 Å². The van der Waals surface area contributed by atoms with Crippen molar-refractivity contribution in [3.63, 3.8) is 0 Å². The maximum absolute atomic E-state index is 13.0. The standard InChI is InChI=1S/C19H21FN2O2/c1-14-13-15(3-8-18(14)24-2)19(23)22-11-9-21(10-12-22)17-6-4-16(20)5-7-17/h3-8,13H,9-12H2,1-2H3. The highest BCUT2D eigenvalue weighted by Crippen LogP contribution is 2.21. The SMILES string of the molecule is COc1ccc(C(=O)N2CCN(c3ccc(F)cc3)CC2)cc1C. The largest absolute Gasteiger partial charge is 0.496 e. The first-order chi connectivity index (χ1) is 11.6. The summed E-state index contributed by atoms with van der Waals surface area (Å²) >= 11 is 0. The van der Waals surface area contributed by atoms with Gasteiger partial charge in [0, 0.05) is 37.4 Å². The van der Waals surface area contributed by atoms with E-state index in [9.17, 15) is 9.18 Å². The molecule has 0 N–H and O–H groups in total. The van der Waals surface area contributed by atoms with Crippen LogP contribution in [0.25, 0.3) is 0 Å². The highest BCUT2D eigenvalue weighted by atomic mass is 19.1. The van der Waals surface area contributed by atoms with Crippen LogP contribution >= 0.6 is 0 Å². The fraction of sp³-hybridized carbons (Fsp3) is 0.316. The summed E-state index contributed by atoms with van der Waals surface area (Å²) in [5, 5.41) is 0. The Kier molecular flexibility index (Phi) is 4.69. The van der Waals surface area contributed by atoms with Crippen LogP contribution < -0.4 is 9.64 Å². The highest BCUT2D eigenvalue weighted by Gasteiger charge is 2.22. The van der Waals surface area contributed by atoms with Crippen LogP contribution in [0.1, 0.15) is 15.9 Å². The summed E-state index contributed by atoms with van der Waals surface area (Å²) in [5.74, 6) is 0.592. The van der Waals surface area contributed by atoms with Crippen LogP contribution in [0, 0.1) is 12.7 Å². The zero-order chi connectivity index (χ0) is 17.1. The van der Waals surface area contributed by atoms with Crippen LogP contribution in [0.3, 0.4) is 0 Å². The molecule has 1 heterocycles. The van der Waals surface area contributed by atoms with E-state index in [0.717, 1.165) is 30.1 Å². The number of piperazine rings is 1. The van der Waals surface area contributed by atoms with Crippen LogP contribution in [-0.2, 0) is 0 Å². The molecule has 4 nitrogen and oxygen atoms in total. The lowest BCUT2D eigenvalue weighted by Gasteiger charge is -2.36. The third-order valence-corrected chi connectivity index (χ3v) is 4.40. The molecule has 3 rings (SSSR count). The first kappa shape index (κ1) is 16.3.